The fourth-order valence-corrected chi connectivity index (χ4v) is 2.74. The van der Waals surface area contributed by atoms with Gasteiger partial charge in [0.25, 0.3) is 11.5 Å². The zero-order valence-corrected chi connectivity index (χ0v) is 15.2. The maximum Gasteiger partial charge on any atom is 0.264 e. The van der Waals surface area contributed by atoms with Crippen molar-refractivity contribution in [2.45, 2.75) is 19.8 Å². The monoisotopic (exact) mass is 367 g/mol. The third-order valence-corrected chi connectivity index (χ3v) is 4.24. The van der Waals surface area contributed by atoms with Crippen LogP contribution in [-0.2, 0) is 0 Å². The Morgan fingerprint density at radius 1 is 1.12 bits per heavy atom. The molecule has 6 heteroatoms. The smallest absolute Gasteiger partial charge is 0.264 e. The van der Waals surface area contributed by atoms with Crippen LogP contribution in [0.25, 0.3) is 11.4 Å². The lowest BCUT2D eigenvalue weighted by Gasteiger charge is -2.13. The number of aromatic amines is 1. The Balaban J connectivity index is 1.87. The molecule has 2 N–H and O–H groups in total. The number of nitrogens with zero attached hydrogens (tertiary/aromatic N) is 1. The van der Waals surface area contributed by atoms with Crippen LogP contribution in [0.5, 0.6) is 0 Å². The Hall–Kier alpha value is -2.92. The first-order valence-corrected chi connectivity index (χ1v) is 8.59. The van der Waals surface area contributed by atoms with Crippen molar-refractivity contribution in [3.63, 3.8) is 0 Å². The van der Waals surface area contributed by atoms with Crippen molar-refractivity contribution in [1.29, 1.82) is 0 Å². The SMILES string of the molecule is CC(C)c1ccccc1NC(=O)c1cnc(-c2ccc(Cl)cc2)[nH]c1=O. The third-order valence-electron chi connectivity index (χ3n) is 3.99. The minimum Gasteiger partial charge on any atom is -0.322 e. The summed E-state index contributed by atoms with van der Waals surface area (Å²) in [7, 11) is 0. The fourth-order valence-electron chi connectivity index (χ4n) is 2.62. The van der Waals surface area contributed by atoms with Gasteiger partial charge in [0.1, 0.15) is 11.4 Å². The molecule has 0 aliphatic carbocycles. The number of rotatable bonds is 4. The summed E-state index contributed by atoms with van der Waals surface area (Å²) in [4.78, 5) is 31.7. The zero-order valence-electron chi connectivity index (χ0n) is 14.4. The van der Waals surface area contributed by atoms with Gasteiger partial charge in [0.2, 0.25) is 0 Å². The predicted molar refractivity (Wildman–Crippen MR) is 104 cm³/mol. The first kappa shape index (κ1) is 17.9. The number of para-hydroxylation sites is 1. The van der Waals surface area contributed by atoms with Crippen LogP contribution >= 0.6 is 11.6 Å². The summed E-state index contributed by atoms with van der Waals surface area (Å²) in [6.45, 7) is 4.08. The number of hydrogen-bond acceptors (Lipinski definition) is 3. The van der Waals surface area contributed by atoms with E-state index in [1.165, 1.54) is 6.20 Å². The van der Waals surface area contributed by atoms with E-state index in [1.54, 1.807) is 24.3 Å². The fraction of sp³-hybridized carbons (Fsp3) is 0.150. The van der Waals surface area contributed by atoms with Crippen molar-refractivity contribution in [2.24, 2.45) is 0 Å². The van der Waals surface area contributed by atoms with Gasteiger partial charge in [-0.1, -0.05) is 43.6 Å². The summed E-state index contributed by atoms with van der Waals surface area (Å²) in [5.74, 6) is 0.135. The maximum absolute atomic E-state index is 12.5. The number of aromatic nitrogens is 2. The summed E-state index contributed by atoms with van der Waals surface area (Å²) >= 11 is 5.86. The van der Waals surface area contributed by atoms with Crippen LogP contribution in [0, 0.1) is 0 Å². The molecule has 0 bridgehead atoms. The highest BCUT2D eigenvalue weighted by molar-refractivity contribution is 6.30. The Morgan fingerprint density at radius 2 is 1.81 bits per heavy atom. The molecule has 0 spiro atoms. The number of anilines is 1. The molecule has 0 atom stereocenters. The van der Waals surface area contributed by atoms with Crippen molar-refractivity contribution in [3.8, 4) is 11.4 Å². The third kappa shape index (κ3) is 3.83. The van der Waals surface area contributed by atoms with Gasteiger partial charge in [-0.15, -0.1) is 0 Å². The lowest BCUT2D eigenvalue weighted by molar-refractivity contribution is 0.102. The Bertz CT molecular complexity index is 994. The molecule has 1 aromatic heterocycles. The van der Waals surface area contributed by atoms with Crippen molar-refractivity contribution in [1.82, 2.24) is 9.97 Å². The zero-order chi connectivity index (χ0) is 18.7. The first-order chi connectivity index (χ1) is 12.5. The number of hydrogen-bond donors (Lipinski definition) is 2. The maximum atomic E-state index is 12.5. The van der Waals surface area contributed by atoms with Crippen molar-refractivity contribution in [3.05, 3.63) is 81.2 Å². The van der Waals surface area contributed by atoms with Gasteiger partial charge in [0.05, 0.1) is 0 Å². The Kier molecular flexibility index (Phi) is 5.19. The highest BCUT2D eigenvalue weighted by Crippen LogP contribution is 2.24. The topological polar surface area (TPSA) is 74.8 Å². The average Bonchev–Trinajstić information content (AvgIpc) is 2.62. The van der Waals surface area contributed by atoms with Gasteiger partial charge < -0.3 is 10.3 Å². The molecule has 0 saturated heterocycles. The summed E-state index contributed by atoms with van der Waals surface area (Å²) in [6, 6.07) is 14.4. The number of benzene rings is 2. The van der Waals surface area contributed by atoms with E-state index in [2.05, 4.69) is 15.3 Å². The summed E-state index contributed by atoms with van der Waals surface area (Å²) in [6.07, 6.45) is 1.29. The molecule has 132 valence electrons. The molecule has 5 nitrogen and oxygen atoms in total. The van der Waals surface area contributed by atoms with Gasteiger partial charge in [-0.3, -0.25) is 9.59 Å². The molecule has 2 aromatic carbocycles. The quantitative estimate of drug-likeness (QED) is 0.714. The molecular weight excluding hydrogens is 350 g/mol. The number of H-pyrrole nitrogens is 1. The molecule has 0 fully saturated rings. The van der Waals surface area contributed by atoms with Crippen molar-refractivity contribution >= 4 is 23.2 Å². The molecule has 0 saturated carbocycles. The molecule has 0 radical (unpaired) electrons. The van der Waals surface area contributed by atoms with Crippen LogP contribution in [0.2, 0.25) is 5.02 Å². The molecule has 0 aliphatic heterocycles. The molecule has 3 aromatic rings. The standard InChI is InChI=1S/C20H18ClN3O2/c1-12(2)15-5-3-4-6-17(15)23-19(25)16-11-22-18(24-20(16)26)13-7-9-14(21)10-8-13/h3-12H,1-2H3,(H,23,25)(H,22,24,26). The van der Waals surface area contributed by atoms with Gasteiger partial charge in [-0.05, 0) is 41.8 Å². The average molecular weight is 368 g/mol. The second-order valence-corrected chi connectivity index (χ2v) is 6.61. The summed E-state index contributed by atoms with van der Waals surface area (Å²) < 4.78 is 0. The molecule has 0 aliphatic rings. The molecule has 26 heavy (non-hydrogen) atoms. The first-order valence-electron chi connectivity index (χ1n) is 8.21. The highest BCUT2D eigenvalue weighted by atomic mass is 35.5. The van der Waals surface area contributed by atoms with Crippen LogP contribution in [0.1, 0.15) is 35.7 Å². The van der Waals surface area contributed by atoms with Crippen LogP contribution < -0.4 is 10.9 Å². The molecular formula is C20H18ClN3O2. The van der Waals surface area contributed by atoms with Gasteiger partial charge in [-0.25, -0.2) is 4.98 Å². The summed E-state index contributed by atoms with van der Waals surface area (Å²) in [5.41, 5.74) is 1.87. The molecule has 3 rings (SSSR count). The van der Waals surface area contributed by atoms with E-state index in [9.17, 15) is 9.59 Å². The highest BCUT2D eigenvalue weighted by Gasteiger charge is 2.15. The minimum atomic E-state index is -0.496. The largest absolute Gasteiger partial charge is 0.322 e. The second kappa shape index (κ2) is 7.54. The summed E-state index contributed by atoms with van der Waals surface area (Å²) in [5, 5.41) is 3.39. The van der Waals surface area contributed by atoms with Crippen LogP contribution in [0.3, 0.4) is 0 Å². The van der Waals surface area contributed by atoms with E-state index in [-0.39, 0.29) is 11.5 Å². The van der Waals surface area contributed by atoms with Crippen LogP contribution in [0.4, 0.5) is 5.69 Å². The minimum absolute atomic E-state index is 0.0405. The Morgan fingerprint density at radius 3 is 2.46 bits per heavy atom. The number of carbonyl (C=O) groups is 1. The molecule has 1 heterocycles. The van der Waals surface area contributed by atoms with Gasteiger partial charge in [0, 0.05) is 22.5 Å². The number of halogens is 1. The van der Waals surface area contributed by atoms with Gasteiger partial charge in [0.15, 0.2) is 0 Å². The van der Waals surface area contributed by atoms with Crippen molar-refractivity contribution in [2.75, 3.05) is 5.32 Å². The lowest BCUT2D eigenvalue weighted by atomic mass is 10.0. The van der Waals surface area contributed by atoms with E-state index in [4.69, 9.17) is 11.6 Å². The predicted octanol–water partition coefficient (Wildman–Crippen LogP) is 4.47. The van der Waals surface area contributed by atoms with Crippen LogP contribution in [-0.4, -0.2) is 15.9 Å². The van der Waals surface area contributed by atoms with Gasteiger partial charge >= 0.3 is 0 Å². The van der Waals surface area contributed by atoms with E-state index in [0.29, 0.717) is 22.1 Å². The molecule has 0 unspecified atom stereocenters. The van der Waals surface area contributed by atoms with E-state index in [0.717, 1.165) is 5.56 Å². The number of amides is 1. The normalized spacial score (nSPS) is 10.8. The number of carbonyl (C=O) groups excluding carboxylic acids is 1. The second-order valence-electron chi connectivity index (χ2n) is 6.18. The van der Waals surface area contributed by atoms with Gasteiger partial charge in [-0.2, -0.15) is 0 Å². The van der Waals surface area contributed by atoms with Crippen LogP contribution in [0.15, 0.2) is 59.5 Å². The molecule has 1 amide bonds. The lowest BCUT2D eigenvalue weighted by Crippen LogP contribution is -2.24. The number of nitrogens with one attached hydrogen (secondary N) is 2. The van der Waals surface area contributed by atoms with E-state index < -0.39 is 11.5 Å². The van der Waals surface area contributed by atoms with Crippen molar-refractivity contribution < 1.29 is 4.79 Å². The van der Waals surface area contributed by atoms with E-state index in [1.807, 2.05) is 38.1 Å². The van der Waals surface area contributed by atoms with E-state index >= 15 is 0 Å². The Labute approximate surface area is 156 Å².